The molecule has 2 fully saturated rings. The second-order valence-electron chi connectivity index (χ2n) is 10.2. The predicted octanol–water partition coefficient (Wildman–Crippen LogP) is 6.23. The lowest BCUT2D eigenvalue weighted by atomic mass is 9.92. The van der Waals surface area contributed by atoms with E-state index in [4.69, 9.17) is 20.2 Å². The van der Waals surface area contributed by atoms with Crippen molar-refractivity contribution in [1.82, 2.24) is 10.1 Å². The molecule has 0 aliphatic carbocycles. The lowest BCUT2D eigenvalue weighted by molar-refractivity contribution is -0.194. The van der Waals surface area contributed by atoms with E-state index in [1.165, 1.54) is 50.4 Å². The summed E-state index contributed by atoms with van der Waals surface area (Å²) >= 11 is 2.50. The number of rotatable bonds is 6. The van der Waals surface area contributed by atoms with E-state index in [1.54, 1.807) is 24.3 Å². The third-order valence-electron chi connectivity index (χ3n) is 6.53. The van der Waals surface area contributed by atoms with Crippen LogP contribution in [0, 0.1) is 33.5 Å². The summed E-state index contributed by atoms with van der Waals surface area (Å²) in [5, 5.41) is 19.7. The Labute approximate surface area is 237 Å². The molecular weight excluding hydrogens is 572 g/mol. The Bertz CT molecular complexity index is 1200. The number of alkyl halides is 4. The van der Waals surface area contributed by atoms with Gasteiger partial charge in [0.15, 0.2) is 0 Å². The number of halogens is 4. The van der Waals surface area contributed by atoms with Crippen molar-refractivity contribution >= 4 is 34.5 Å². The maximum Gasteiger partial charge on any atom is 0.258 e. The molecule has 14 heteroatoms. The number of thiophene rings is 2. The molecule has 2 aliphatic rings. The minimum atomic E-state index is -2.77. The van der Waals surface area contributed by atoms with Gasteiger partial charge in [-0.1, -0.05) is 0 Å². The van der Waals surface area contributed by atoms with Gasteiger partial charge >= 0.3 is 0 Å². The van der Waals surface area contributed by atoms with Crippen molar-refractivity contribution in [2.24, 2.45) is 10.8 Å². The first-order chi connectivity index (χ1) is 18.7. The van der Waals surface area contributed by atoms with Crippen molar-refractivity contribution in [3.05, 3.63) is 43.8 Å². The molecule has 0 saturated carbocycles. The van der Waals surface area contributed by atoms with Crippen LogP contribution in [0.5, 0.6) is 0 Å². The first-order valence-electron chi connectivity index (χ1n) is 12.2. The van der Waals surface area contributed by atoms with E-state index in [0.717, 1.165) is 19.9 Å². The van der Waals surface area contributed by atoms with Crippen LogP contribution in [0.2, 0.25) is 0 Å². The van der Waals surface area contributed by atoms with Crippen molar-refractivity contribution in [2.75, 3.05) is 13.2 Å². The van der Waals surface area contributed by atoms with Gasteiger partial charge < -0.3 is 0 Å². The average Bonchev–Trinajstić information content (AvgIpc) is 3.73. The van der Waals surface area contributed by atoms with Crippen molar-refractivity contribution in [2.45, 2.75) is 65.5 Å². The Balaban J connectivity index is 0.000000220. The van der Waals surface area contributed by atoms with Crippen molar-refractivity contribution in [3.63, 3.8) is 0 Å². The van der Waals surface area contributed by atoms with Crippen molar-refractivity contribution in [3.8, 4) is 12.1 Å². The van der Waals surface area contributed by atoms with Crippen molar-refractivity contribution < 1.29 is 36.8 Å². The summed E-state index contributed by atoms with van der Waals surface area (Å²) in [5.41, 5.74) is -3.59. The van der Waals surface area contributed by atoms with Crippen LogP contribution in [0.4, 0.5) is 17.6 Å². The third kappa shape index (κ3) is 6.47. The molecule has 2 aliphatic heterocycles. The highest BCUT2D eigenvalue weighted by Crippen LogP contribution is 2.40. The Morgan fingerprint density at radius 1 is 0.800 bits per heavy atom. The zero-order valence-corrected chi connectivity index (χ0v) is 23.8. The quantitative estimate of drug-likeness (QED) is 0.364. The van der Waals surface area contributed by atoms with E-state index in [0.29, 0.717) is 35.8 Å². The van der Waals surface area contributed by atoms with Crippen LogP contribution in [0.15, 0.2) is 24.3 Å². The van der Waals surface area contributed by atoms with Crippen LogP contribution < -0.4 is 0 Å². The maximum absolute atomic E-state index is 13.0. The molecule has 0 aromatic carbocycles. The number of hydroxylamine groups is 4. The highest BCUT2D eigenvalue weighted by atomic mass is 32.1. The highest BCUT2D eigenvalue weighted by Gasteiger charge is 2.46. The summed E-state index contributed by atoms with van der Waals surface area (Å²) in [7, 11) is 0. The molecule has 0 unspecified atom stereocenters. The Morgan fingerprint density at radius 2 is 1.15 bits per heavy atom. The minimum absolute atomic E-state index is 0.301. The van der Waals surface area contributed by atoms with Crippen LogP contribution >= 0.6 is 22.7 Å². The largest absolute Gasteiger partial charge is 0.272 e. The molecule has 0 N–H and O–H groups in total. The van der Waals surface area contributed by atoms with E-state index < -0.39 is 47.6 Å². The first-order valence-corrected chi connectivity index (χ1v) is 13.9. The van der Waals surface area contributed by atoms with E-state index in [9.17, 15) is 27.2 Å². The summed E-state index contributed by atoms with van der Waals surface area (Å²) in [6, 6.07) is 10.0. The summed E-state index contributed by atoms with van der Waals surface area (Å²) in [5.74, 6) is -1.47. The number of hydrogen-bond donors (Lipinski definition) is 0. The summed E-state index contributed by atoms with van der Waals surface area (Å²) in [4.78, 5) is 37.5. The zero-order valence-electron chi connectivity index (χ0n) is 22.2. The first kappa shape index (κ1) is 31.5. The molecule has 0 bridgehead atoms. The second kappa shape index (κ2) is 12.6. The van der Waals surface area contributed by atoms with Crippen LogP contribution in [0.3, 0.4) is 0 Å². The molecule has 2 atom stereocenters. The normalized spacial score (nSPS) is 19.4. The van der Waals surface area contributed by atoms with Gasteiger partial charge in [-0.25, -0.2) is 27.7 Å². The van der Waals surface area contributed by atoms with Crippen LogP contribution in [0.1, 0.15) is 72.1 Å². The van der Waals surface area contributed by atoms with Gasteiger partial charge in [0.1, 0.15) is 32.7 Å². The lowest BCUT2D eigenvalue weighted by Gasteiger charge is -2.30. The van der Waals surface area contributed by atoms with Crippen molar-refractivity contribution in [1.29, 1.82) is 10.5 Å². The number of amides is 2. The van der Waals surface area contributed by atoms with Crippen LogP contribution in [-0.2, 0) is 19.3 Å². The van der Waals surface area contributed by atoms with Gasteiger partial charge in [-0.2, -0.15) is 10.5 Å². The molecule has 0 spiro atoms. The number of nitrogens with zero attached hydrogens (tertiary/aromatic N) is 4. The van der Waals surface area contributed by atoms with Gasteiger partial charge in [-0.05, 0) is 52.0 Å². The fraction of sp³-hybridized carbons (Fsp3) is 0.538. The Morgan fingerprint density at radius 3 is 1.43 bits per heavy atom. The topological polar surface area (TPSA) is 107 Å². The fourth-order valence-corrected chi connectivity index (χ4v) is 5.64. The highest BCUT2D eigenvalue weighted by molar-refractivity contribution is 7.12. The molecular formula is C26H28F4N4O4S2. The monoisotopic (exact) mass is 600 g/mol. The van der Waals surface area contributed by atoms with E-state index in [1.807, 2.05) is 12.1 Å². The van der Waals surface area contributed by atoms with Gasteiger partial charge in [0.2, 0.25) is 0 Å². The van der Waals surface area contributed by atoms with Gasteiger partial charge in [0.05, 0.1) is 25.3 Å². The zero-order chi connectivity index (χ0) is 29.8. The summed E-state index contributed by atoms with van der Waals surface area (Å²) in [6.07, 6.45) is -4.46. The average molecular weight is 601 g/mol. The molecule has 40 heavy (non-hydrogen) atoms. The third-order valence-corrected chi connectivity index (χ3v) is 8.72. The van der Waals surface area contributed by atoms with Gasteiger partial charge in [0, 0.05) is 22.6 Å². The van der Waals surface area contributed by atoms with E-state index in [-0.39, 0.29) is 0 Å². The SMILES string of the molecule is CC(C)(C(=O)N1OCC[C@@H]1c1ccc(C#N)s1)C(F)F.CC(C)(C(=O)N1OCC[C@H]1c1ccc(C#N)s1)C(F)F. The Hall–Kier alpha value is -3.04. The second-order valence-corrected chi connectivity index (χ2v) is 12.4. The molecule has 4 rings (SSSR count). The predicted molar refractivity (Wildman–Crippen MR) is 138 cm³/mol. The molecule has 8 nitrogen and oxygen atoms in total. The fourth-order valence-electron chi connectivity index (χ4n) is 3.79. The van der Waals surface area contributed by atoms with Crippen LogP contribution in [-0.4, -0.2) is 48.0 Å². The number of carbonyl (C=O) groups is 2. The molecule has 2 amide bonds. The molecule has 0 radical (unpaired) electrons. The van der Waals surface area contributed by atoms with Gasteiger partial charge in [-0.15, -0.1) is 22.7 Å². The molecule has 4 heterocycles. The molecule has 2 aromatic rings. The Kier molecular flexibility index (Phi) is 9.95. The van der Waals surface area contributed by atoms with Gasteiger partial charge in [0.25, 0.3) is 24.7 Å². The number of hydrogen-bond acceptors (Lipinski definition) is 8. The standard InChI is InChI=1S/2C13H14F2N2O2S/c2*1-13(2,11(14)15)12(18)17-9(5-6-19-17)10-4-3-8(7-16)20-10/h2*3-4,9,11H,5-6H2,1-2H3/t2*9-/m10/s1. The summed E-state index contributed by atoms with van der Waals surface area (Å²) in [6.45, 7) is 5.41. The van der Waals surface area contributed by atoms with E-state index >= 15 is 0 Å². The molecule has 2 aromatic heterocycles. The minimum Gasteiger partial charge on any atom is -0.272 e. The molecule has 2 saturated heterocycles. The number of carbonyl (C=O) groups excluding carboxylic acids is 2. The smallest absolute Gasteiger partial charge is 0.258 e. The van der Waals surface area contributed by atoms with Gasteiger partial charge in [-0.3, -0.25) is 19.3 Å². The maximum atomic E-state index is 13.0. The summed E-state index contributed by atoms with van der Waals surface area (Å²) < 4.78 is 51.8. The molecule has 216 valence electrons. The lowest BCUT2D eigenvalue weighted by Crippen LogP contribution is -2.43. The number of nitriles is 2. The van der Waals surface area contributed by atoms with Crippen LogP contribution in [0.25, 0.3) is 0 Å². The van der Waals surface area contributed by atoms with E-state index in [2.05, 4.69) is 0 Å².